The first-order valence-corrected chi connectivity index (χ1v) is 9.90. The van der Waals surface area contributed by atoms with Crippen molar-refractivity contribution in [3.8, 4) is 0 Å². The van der Waals surface area contributed by atoms with Gasteiger partial charge in [0.05, 0.1) is 0 Å². The number of hydrogen-bond donors (Lipinski definition) is 1. The van der Waals surface area contributed by atoms with E-state index in [-0.39, 0.29) is 24.8 Å². The van der Waals surface area contributed by atoms with Gasteiger partial charge in [0.1, 0.15) is 11.6 Å². The first-order chi connectivity index (χ1) is 11.8. The van der Waals surface area contributed by atoms with Gasteiger partial charge in [0.25, 0.3) is 0 Å². The Morgan fingerprint density at radius 2 is 1.69 bits per heavy atom. The number of hydrogen-bond acceptors (Lipinski definition) is 5. The minimum Gasteiger partial charge on any atom is -0.355 e. The Hall–Kier alpha value is -0.620. The highest BCUT2D eigenvalue weighted by atomic mass is 35.5. The van der Waals surface area contributed by atoms with Gasteiger partial charge in [-0.25, -0.2) is 9.97 Å². The lowest BCUT2D eigenvalue weighted by Crippen LogP contribution is -2.38. The van der Waals surface area contributed by atoms with Crippen molar-refractivity contribution in [3.05, 3.63) is 17.6 Å². The van der Waals surface area contributed by atoms with E-state index in [9.17, 15) is 0 Å². The average molecular weight is 400 g/mol. The molecule has 7 heteroatoms. The maximum Gasteiger partial charge on any atom is 0.134 e. The van der Waals surface area contributed by atoms with Crippen molar-refractivity contribution < 1.29 is 0 Å². The highest BCUT2D eigenvalue weighted by Gasteiger charge is 2.34. The molecule has 0 aromatic carbocycles. The summed E-state index contributed by atoms with van der Waals surface area (Å²) in [6, 6.07) is 3.39. The van der Waals surface area contributed by atoms with E-state index in [0.29, 0.717) is 17.9 Å². The van der Waals surface area contributed by atoms with Crippen LogP contribution in [0.2, 0.25) is 0 Å². The number of rotatable bonds is 3. The molecule has 146 valence electrons. The molecule has 5 rings (SSSR count). The van der Waals surface area contributed by atoms with Crippen LogP contribution < -0.4 is 10.6 Å². The third-order valence-electron chi connectivity index (χ3n) is 6.41. The summed E-state index contributed by atoms with van der Waals surface area (Å²) in [6.07, 6.45) is 8.69. The molecule has 2 aliphatic carbocycles. The zero-order valence-electron chi connectivity index (χ0n) is 15.3. The molecular formula is C19H31Cl2N5. The highest BCUT2D eigenvalue weighted by molar-refractivity contribution is 5.85. The molecular weight excluding hydrogens is 369 g/mol. The monoisotopic (exact) mass is 399 g/mol. The van der Waals surface area contributed by atoms with Crippen molar-refractivity contribution in [2.75, 3.05) is 31.1 Å². The zero-order valence-corrected chi connectivity index (χ0v) is 17.0. The van der Waals surface area contributed by atoms with Gasteiger partial charge < -0.3 is 10.6 Å². The van der Waals surface area contributed by atoms with E-state index >= 15 is 0 Å². The van der Waals surface area contributed by atoms with E-state index in [1.807, 2.05) is 0 Å². The minimum absolute atomic E-state index is 0. The van der Waals surface area contributed by atoms with E-state index in [4.69, 9.17) is 15.7 Å². The molecule has 2 saturated carbocycles. The van der Waals surface area contributed by atoms with Crippen LogP contribution >= 0.6 is 24.8 Å². The third kappa shape index (κ3) is 3.96. The normalized spacial score (nSPS) is 31.3. The molecule has 0 bridgehead atoms. The second kappa shape index (κ2) is 8.17. The van der Waals surface area contributed by atoms with Crippen molar-refractivity contribution in [2.24, 2.45) is 5.73 Å². The summed E-state index contributed by atoms with van der Waals surface area (Å²) in [4.78, 5) is 15.2. The van der Waals surface area contributed by atoms with Crippen LogP contribution in [0.25, 0.3) is 0 Å². The van der Waals surface area contributed by atoms with Crippen LogP contribution in [0.15, 0.2) is 6.07 Å². The molecule has 0 radical (unpaired) electrons. The van der Waals surface area contributed by atoms with E-state index < -0.39 is 0 Å². The van der Waals surface area contributed by atoms with E-state index in [0.717, 1.165) is 37.8 Å². The summed E-state index contributed by atoms with van der Waals surface area (Å²) in [5, 5.41) is 0. The van der Waals surface area contributed by atoms with Crippen molar-refractivity contribution in [1.29, 1.82) is 0 Å². The predicted molar refractivity (Wildman–Crippen MR) is 110 cm³/mol. The standard InChI is InChI=1S/C19H29N5.2ClH/c20-15-9-14(10-15)17-11-18(22-19(21-17)13-4-5-13)24-8-2-7-23-6-1-3-16(23)12-24;;/h11,13-16H,1-10,12,20H2;2*1H/t14?,15?,16-;;/m0../s1. The van der Waals surface area contributed by atoms with E-state index in [2.05, 4.69) is 15.9 Å². The Morgan fingerprint density at radius 3 is 2.42 bits per heavy atom. The molecule has 0 amide bonds. The van der Waals surface area contributed by atoms with E-state index in [1.54, 1.807) is 0 Å². The Labute approximate surface area is 168 Å². The second-order valence-electron chi connectivity index (χ2n) is 8.34. The van der Waals surface area contributed by atoms with Gasteiger partial charge in [-0.3, -0.25) is 4.90 Å². The molecule has 26 heavy (non-hydrogen) atoms. The summed E-state index contributed by atoms with van der Waals surface area (Å²) in [7, 11) is 0. The summed E-state index contributed by atoms with van der Waals surface area (Å²) >= 11 is 0. The summed E-state index contributed by atoms with van der Waals surface area (Å²) in [5.74, 6) is 3.48. The average Bonchev–Trinajstić information content (AvgIpc) is 3.35. The van der Waals surface area contributed by atoms with Crippen molar-refractivity contribution in [2.45, 2.75) is 68.9 Å². The zero-order chi connectivity index (χ0) is 16.1. The highest BCUT2D eigenvalue weighted by Crippen LogP contribution is 2.41. The molecule has 2 aliphatic heterocycles. The first kappa shape index (κ1) is 20.1. The molecule has 1 aromatic heterocycles. The van der Waals surface area contributed by atoms with Gasteiger partial charge in [0.15, 0.2) is 0 Å². The van der Waals surface area contributed by atoms with Crippen molar-refractivity contribution in [3.63, 3.8) is 0 Å². The molecule has 2 N–H and O–H groups in total. The molecule has 1 atom stereocenters. The first-order valence-electron chi connectivity index (χ1n) is 9.90. The predicted octanol–water partition coefficient (Wildman–Crippen LogP) is 3.08. The summed E-state index contributed by atoms with van der Waals surface area (Å²) in [5.41, 5.74) is 7.28. The van der Waals surface area contributed by atoms with Crippen LogP contribution in [-0.4, -0.2) is 53.1 Å². The van der Waals surface area contributed by atoms with Gasteiger partial charge in [-0.15, -0.1) is 24.8 Å². The number of nitrogens with two attached hydrogens (primary N) is 1. The van der Waals surface area contributed by atoms with Gasteiger partial charge in [-0.2, -0.15) is 0 Å². The van der Waals surface area contributed by atoms with Crippen LogP contribution in [0.4, 0.5) is 5.82 Å². The van der Waals surface area contributed by atoms with E-state index in [1.165, 1.54) is 56.7 Å². The largest absolute Gasteiger partial charge is 0.355 e. The van der Waals surface area contributed by atoms with Crippen molar-refractivity contribution in [1.82, 2.24) is 14.9 Å². The molecule has 5 nitrogen and oxygen atoms in total. The second-order valence-corrected chi connectivity index (χ2v) is 8.34. The molecule has 0 unspecified atom stereocenters. The Kier molecular flexibility index (Phi) is 6.33. The van der Waals surface area contributed by atoms with Gasteiger partial charge in [0, 0.05) is 55.3 Å². The Morgan fingerprint density at radius 1 is 0.923 bits per heavy atom. The number of aromatic nitrogens is 2. The number of halogens is 2. The van der Waals surface area contributed by atoms with Crippen LogP contribution in [0, 0.1) is 0 Å². The molecule has 0 spiro atoms. The van der Waals surface area contributed by atoms with Gasteiger partial charge in [0.2, 0.25) is 0 Å². The molecule has 1 aromatic rings. The Bertz CT molecular complexity index is 618. The maximum absolute atomic E-state index is 6.02. The number of nitrogens with zero attached hydrogens (tertiary/aromatic N) is 4. The van der Waals surface area contributed by atoms with Crippen LogP contribution in [-0.2, 0) is 0 Å². The number of anilines is 1. The van der Waals surface area contributed by atoms with Gasteiger partial charge >= 0.3 is 0 Å². The lowest BCUT2D eigenvalue weighted by atomic mass is 9.78. The quantitative estimate of drug-likeness (QED) is 0.845. The lowest BCUT2D eigenvalue weighted by Gasteiger charge is -2.33. The fourth-order valence-corrected chi connectivity index (χ4v) is 4.68. The lowest BCUT2D eigenvalue weighted by molar-refractivity contribution is 0.273. The fourth-order valence-electron chi connectivity index (χ4n) is 4.68. The van der Waals surface area contributed by atoms with Crippen LogP contribution in [0.1, 0.15) is 68.3 Å². The fraction of sp³-hybridized carbons (Fsp3) is 0.789. The maximum atomic E-state index is 6.02. The topological polar surface area (TPSA) is 58.3 Å². The van der Waals surface area contributed by atoms with Crippen LogP contribution in [0.3, 0.4) is 0 Å². The molecule has 2 saturated heterocycles. The minimum atomic E-state index is 0. The smallest absolute Gasteiger partial charge is 0.134 e. The third-order valence-corrected chi connectivity index (χ3v) is 6.41. The van der Waals surface area contributed by atoms with Gasteiger partial charge in [-0.1, -0.05) is 0 Å². The molecule has 3 heterocycles. The van der Waals surface area contributed by atoms with Crippen molar-refractivity contribution >= 4 is 30.6 Å². The SMILES string of the molecule is Cl.Cl.NC1CC(c2cc(N3CCCN4CCC[C@H]4C3)nc(C3CC3)n2)C1. The summed E-state index contributed by atoms with van der Waals surface area (Å²) in [6.45, 7) is 4.83. The summed E-state index contributed by atoms with van der Waals surface area (Å²) < 4.78 is 0. The Balaban J connectivity index is 0.000000980. The number of fused-ring (bicyclic) bond motifs is 1. The van der Waals surface area contributed by atoms with Crippen LogP contribution in [0.5, 0.6) is 0 Å². The molecule has 4 fully saturated rings. The van der Waals surface area contributed by atoms with Gasteiger partial charge in [-0.05, 0) is 51.5 Å². The molecule has 4 aliphatic rings.